The van der Waals surface area contributed by atoms with E-state index in [4.69, 9.17) is 4.74 Å². The minimum Gasteiger partial charge on any atom is -0.494 e. The Kier molecular flexibility index (Phi) is 6.27. The van der Waals surface area contributed by atoms with E-state index >= 15 is 0 Å². The van der Waals surface area contributed by atoms with Gasteiger partial charge in [-0.15, -0.1) is 0 Å². The minimum absolute atomic E-state index is 0.318. The highest BCUT2D eigenvalue weighted by Gasteiger charge is 2.05. The Bertz CT molecular complexity index is 553. The molecule has 2 rings (SSSR count). The third kappa shape index (κ3) is 5.18. The standard InChI is InChI=1S/C18H22BrNO/c1-3-11-21-18-6-4-5-15(12-18)13-20-14(2)16-7-9-17(19)10-8-16/h4-10,12,14,20H,3,11,13H2,1-2H3. The Morgan fingerprint density at radius 2 is 1.90 bits per heavy atom. The van der Waals surface area contributed by atoms with Crippen molar-refractivity contribution in [1.82, 2.24) is 5.32 Å². The fourth-order valence-corrected chi connectivity index (χ4v) is 2.37. The highest BCUT2D eigenvalue weighted by atomic mass is 79.9. The van der Waals surface area contributed by atoms with Crippen LogP contribution in [0.2, 0.25) is 0 Å². The Morgan fingerprint density at radius 1 is 1.14 bits per heavy atom. The van der Waals surface area contributed by atoms with Gasteiger partial charge in [-0.1, -0.05) is 47.1 Å². The van der Waals surface area contributed by atoms with Crippen LogP contribution in [0.5, 0.6) is 5.75 Å². The molecule has 112 valence electrons. The molecule has 0 fully saturated rings. The molecule has 1 atom stereocenters. The van der Waals surface area contributed by atoms with Crippen molar-refractivity contribution < 1.29 is 4.74 Å². The molecule has 0 amide bonds. The Hall–Kier alpha value is -1.32. The quantitative estimate of drug-likeness (QED) is 0.753. The van der Waals surface area contributed by atoms with Crippen molar-refractivity contribution >= 4 is 15.9 Å². The van der Waals surface area contributed by atoms with Crippen LogP contribution in [0.25, 0.3) is 0 Å². The minimum atomic E-state index is 0.318. The smallest absolute Gasteiger partial charge is 0.119 e. The summed E-state index contributed by atoms with van der Waals surface area (Å²) >= 11 is 3.46. The van der Waals surface area contributed by atoms with E-state index in [9.17, 15) is 0 Å². The zero-order valence-electron chi connectivity index (χ0n) is 12.6. The SMILES string of the molecule is CCCOc1cccc(CNC(C)c2ccc(Br)cc2)c1. The average molecular weight is 348 g/mol. The molecule has 2 nitrogen and oxygen atoms in total. The number of ether oxygens (including phenoxy) is 1. The molecular weight excluding hydrogens is 326 g/mol. The number of benzene rings is 2. The maximum absolute atomic E-state index is 5.67. The van der Waals surface area contributed by atoms with Gasteiger partial charge < -0.3 is 10.1 Å². The molecule has 2 aromatic rings. The van der Waals surface area contributed by atoms with E-state index in [-0.39, 0.29) is 0 Å². The van der Waals surface area contributed by atoms with Gasteiger partial charge >= 0.3 is 0 Å². The molecule has 2 aromatic carbocycles. The molecule has 21 heavy (non-hydrogen) atoms. The van der Waals surface area contributed by atoms with Crippen molar-refractivity contribution in [2.24, 2.45) is 0 Å². The second kappa shape index (κ2) is 8.20. The summed E-state index contributed by atoms with van der Waals surface area (Å²) in [5.41, 5.74) is 2.53. The number of nitrogens with one attached hydrogen (secondary N) is 1. The lowest BCUT2D eigenvalue weighted by Gasteiger charge is -2.15. The first-order valence-corrected chi connectivity index (χ1v) is 8.19. The first-order chi connectivity index (χ1) is 10.2. The molecule has 0 aliphatic rings. The molecular formula is C18H22BrNO. The van der Waals surface area contributed by atoms with Crippen LogP contribution in [0.1, 0.15) is 37.4 Å². The Labute approximate surface area is 135 Å². The monoisotopic (exact) mass is 347 g/mol. The van der Waals surface area contributed by atoms with Crippen molar-refractivity contribution in [1.29, 1.82) is 0 Å². The van der Waals surface area contributed by atoms with Gasteiger partial charge in [0.05, 0.1) is 6.61 Å². The molecule has 0 spiro atoms. The lowest BCUT2D eigenvalue weighted by Crippen LogP contribution is -2.18. The highest BCUT2D eigenvalue weighted by molar-refractivity contribution is 9.10. The van der Waals surface area contributed by atoms with E-state index in [0.717, 1.165) is 29.8 Å². The maximum atomic E-state index is 5.67. The zero-order valence-corrected chi connectivity index (χ0v) is 14.2. The fraction of sp³-hybridized carbons (Fsp3) is 0.333. The molecule has 0 saturated heterocycles. The van der Waals surface area contributed by atoms with Crippen LogP contribution < -0.4 is 10.1 Å². The number of hydrogen-bond acceptors (Lipinski definition) is 2. The van der Waals surface area contributed by atoms with Crippen LogP contribution in [-0.4, -0.2) is 6.61 Å². The lowest BCUT2D eigenvalue weighted by atomic mass is 10.1. The number of halogens is 1. The first-order valence-electron chi connectivity index (χ1n) is 7.39. The molecule has 0 radical (unpaired) electrons. The summed E-state index contributed by atoms with van der Waals surface area (Å²) in [4.78, 5) is 0. The molecule has 0 aliphatic carbocycles. The maximum Gasteiger partial charge on any atom is 0.119 e. The Balaban J connectivity index is 1.91. The molecule has 0 heterocycles. The third-order valence-electron chi connectivity index (χ3n) is 3.35. The van der Waals surface area contributed by atoms with E-state index in [1.54, 1.807) is 0 Å². The topological polar surface area (TPSA) is 21.3 Å². The van der Waals surface area contributed by atoms with E-state index in [0.29, 0.717) is 6.04 Å². The van der Waals surface area contributed by atoms with Crippen LogP contribution in [0, 0.1) is 0 Å². The first kappa shape index (κ1) is 16.1. The normalized spacial score (nSPS) is 12.1. The van der Waals surface area contributed by atoms with Crippen LogP contribution in [0.3, 0.4) is 0 Å². The summed E-state index contributed by atoms with van der Waals surface area (Å²) in [6, 6.07) is 17.0. The second-order valence-corrected chi connectivity index (χ2v) is 6.07. The summed E-state index contributed by atoms with van der Waals surface area (Å²) in [6.45, 7) is 5.90. The third-order valence-corrected chi connectivity index (χ3v) is 3.88. The van der Waals surface area contributed by atoms with Crippen LogP contribution in [-0.2, 0) is 6.54 Å². The highest BCUT2D eigenvalue weighted by Crippen LogP contribution is 2.18. The van der Waals surface area contributed by atoms with Crippen molar-refractivity contribution in [3.05, 3.63) is 64.1 Å². The lowest BCUT2D eigenvalue weighted by molar-refractivity contribution is 0.317. The molecule has 0 aromatic heterocycles. The van der Waals surface area contributed by atoms with Crippen molar-refractivity contribution in [2.75, 3.05) is 6.61 Å². The average Bonchev–Trinajstić information content (AvgIpc) is 2.52. The van der Waals surface area contributed by atoms with Gasteiger partial charge in [0.2, 0.25) is 0 Å². The van der Waals surface area contributed by atoms with Gasteiger partial charge in [-0.25, -0.2) is 0 Å². The molecule has 1 unspecified atom stereocenters. The van der Waals surface area contributed by atoms with Gasteiger partial charge in [0.15, 0.2) is 0 Å². The van der Waals surface area contributed by atoms with Crippen molar-refractivity contribution in [3.63, 3.8) is 0 Å². The van der Waals surface area contributed by atoms with E-state index in [1.807, 2.05) is 12.1 Å². The van der Waals surface area contributed by atoms with Crippen LogP contribution in [0.15, 0.2) is 53.0 Å². The summed E-state index contributed by atoms with van der Waals surface area (Å²) < 4.78 is 6.78. The molecule has 0 aliphatic heterocycles. The molecule has 1 N–H and O–H groups in total. The van der Waals surface area contributed by atoms with Gasteiger partial charge in [-0.3, -0.25) is 0 Å². The predicted molar refractivity (Wildman–Crippen MR) is 91.6 cm³/mol. The van der Waals surface area contributed by atoms with Crippen LogP contribution >= 0.6 is 15.9 Å². The largest absolute Gasteiger partial charge is 0.494 e. The summed E-state index contributed by atoms with van der Waals surface area (Å²) in [6.07, 6.45) is 1.03. The van der Waals surface area contributed by atoms with Gasteiger partial charge in [-0.05, 0) is 48.7 Å². The van der Waals surface area contributed by atoms with Crippen molar-refractivity contribution in [2.45, 2.75) is 32.9 Å². The van der Waals surface area contributed by atoms with Gasteiger partial charge in [-0.2, -0.15) is 0 Å². The Morgan fingerprint density at radius 3 is 2.62 bits per heavy atom. The number of hydrogen-bond donors (Lipinski definition) is 1. The molecule has 3 heteroatoms. The van der Waals surface area contributed by atoms with E-state index in [2.05, 4.69) is 71.5 Å². The van der Waals surface area contributed by atoms with Gasteiger partial charge in [0.25, 0.3) is 0 Å². The zero-order chi connectivity index (χ0) is 15.1. The van der Waals surface area contributed by atoms with Gasteiger partial charge in [0.1, 0.15) is 5.75 Å². The second-order valence-electron chi connectivity index (χ2n) is 5.15. The van der Waals surface area contributed by atoms with E-state index < -0.39 is 0 Å². The summed E-state index contributed by atoms with van der Waals surface area (Å²) in [5.74, 6) is 0.951. The van der Waals surface area contributed by atoms with Crippen LogP contribution in [0.4, 0.5) is 0 Å². The van der Waals surface area contributed by atoms with E-state index in [1.165, 1.54) is 11.1 Å². The van der Waals surface area contributed by atoms with Crippen molar-refractivity contribution in [3.8, 4) is 5.75 Å². The predicted octanol–water partition coefficient (Wildman–Crippen LogP) is 5.09. The molecule has 0 saturated carbocycles. The van der Waals surface area contributed by atoms with Gasteiger partial charge in [0, 0.05) is 17.1 Å². The summed E-state index contributed by atoms with van der Waals surface area (Å²) in [7, 11) is 0. The number of rotatable bonds is 7. The molecule has 0 bridgehead atoms. The summed E-state index contributed by atoms with van der Waals surface area (Å²) in [5, 5.41) is 3.55. The fourth-order valence-electron chi connectivity index (χ4n) is 2.11.